The number of fused-ring (bicyclic) bond motifs is 6. The molecule has 0 saturated heterocycles. The SMILES string of the molecule is c1ccc(-c2ccc(N(c3cc(-c4cc5ccccc5c5ccccc45)ccc3-c3ccccc3)c3ccccc3-n3c4ccccc4c4ccccc43)cc2)cc1. The average molecular weight is 739 g/mol. The quantitative estimate of drug-likeness (QED) is 0.148. The Kier molecular flexibility index (Phi) is 8.19. The Hall–Kier alpha value is -7.68. The summed E-state index contributed by atoms with van der Waals surface area (Å²) in [4.78, 5) is 2.47. The lowest BCUT2D eigenvalue weighted by atomic mass is 9.91. The summed E-state index contributed by atoms with van der Waals surface area (Å²) in [7, 11) is 0. The molecule has 10 aromatic carbocycles. The largest absolute Gasteiger partial charge is 0.308 e. The van der Waals surface area contributed by atoms with Crippen molar-refractivity contribution >= 4 is 60.4 Å². The van der Waals surface area contributed by atoms with Crippen LogP contribution in [0.5, 0.6) is 0 Å². The number of hydrogen-bond donors (Lipinski definition) is 0. The van der Waals surface area contributed by atoms with Crippen LogP contribution in [0.2, 0.25) is 0 Å². The van der Waals surface area contributed by atoms with Crippen molar-refractivity contribution in [1.82, 2.24) is 4.57 Å². The molecule has 11 rings (SSSR count). The zero-order chi connectivity index (χ0) is 38.4. The molecule has 1 heterocycles. The predicted molar refractivity (Wildman–Crippen MR) is 247 cm³/mol. The first-order chi connectivity index (χ1) is 28.8. The van der Waals surface area contributed by atoms with Gasteiger partial charge in [-0.05, 0) is 97.9 Å². The first kappa shape index (κ1) is 33.6. The lowest BCUT2D eigenvalue weighted by Crippen LogP contribution is -2.14. The van der Waals surface area contributed by atoms with Crippen molar-refractivity contribution in [3.05, 3.63) is 231 Å². The number of rotatable bonds is 7. The molecule has 0 unspecified atom stereocenters. The molecule has 0 aliphatic rings. The van der Waals surface area contributed by atoms with Crippen LogP contribution < -0.4 is 4.90 Å². The second kappa shape index (κ2) is 14.1. The fraction of sp³-hybridized carbons (Fsp3) is 0. The van der Waals surface area contributed by atoms with Gasteiger partial charge in [0.1, 0.15) is 0 Å². The molecule has 0 N–H and O–H groups in total. The maximum Gasteiger partial charge on any atom is 0.0702 e. The Labute approximate surface area is 338 Å². The molecule has 0 aliphatic heterocycles. The number of para-hydroxylation sites is 4. The first-order valence-corrected chi connectivity index (χ1v) is 19.9. The summed E-state index contributed by atoms with van der Waals surface area (Å²) in [6, 6.07) is 83.8. The summed E-state index contributed by atoms with van der Waals surface area (Å²) in [6.45, 7) is 0. The van der Waals surface area contributed by atoms with Crippen molar-refractivity contribution in [2.24, 2.45) is 0 Å². The summed E-state index contributed by atoms with van der Waals surface area (Å²) in [6.07, 6.45) is 0. The molecule has 11 aromatic rings. The van der Waals surface area contributed by atoms with E-state index >= 15 is 0 Å². The van der Waals surface area contributed by atoms with E-state index in [9.17, 15) is 0 Å². The first-order valence-electron chi connectivity index (χ1n) is 19.9. The van der Waals surface area contributed by atoms with Crippen LogP contribution in [0, 0.1) is 0 Å². The predicted octanol–water partition coefficient (Wildman–Crippen LogP) is 15.6. The smallest absolute Gasteiger partial charge is 0.0702 e. The molecule has 2 heteroatoms. The second-order valence-electron chi connectivity index (χ2n) is 14.9. The van der Waals surface area contributed by atoms with Gasteiger partial charge in [-0.2, -0.15) is 0 Å². The minimum atomic E-state index is 1.07. The highest BCUT2D eigenvalue weighted by Crippen LogP contribution is 2.47. The third-order valence-corrected chi connectivity index (χ3v) is 11.6. The highest BCUT2D eigenvalue weighted by atomic mass is 15.2. The van der Waals surface area contributed by atoms with E-state index in [0.29, 0.717) is 0 Å². The normalized spacial score (nSPS) is 11.4. The Morgan fingerprint density at radius 1 is 0.293 bits per heavy atom. The van der Waals surface area contributed by atoms with Gasteiger partial charge in [-0.15, -0.1) is 0 Å². The number of benzene rings is 10. The average Bonchev–Trinajstić information content (AvgIpc) is 3.64. The molecule has 0 bridgehead atoms. The molecule has 0 amide bonds. The lowest BCUT2D eigenvalue weighted by Gasteiger charge is -2.31. The molecular formula is C56H38N2. The van der Waals surface area contributed by atoms with Crippen molar-refractivity contribution in [1.29, 1.82) is 0 Å². The Morgan fingerprint density at radius 2 is 0.810 bits per heavy atom. The van der Waals surface area contributed by atoms with E-state index in [2.05, 4.69) is 240 Å². The van der Waals surface area contributed by atoms with Gasteiger partial charge in [0, 0.05) is 22.0 Å². The number of hydrogen-bond acceptors (Lipinski definition) is 1. The fourth-order valence-electron chi connectivity index (χ4n) is 8.90. The molecular weight excluding hydrogens is 701 g/mol. The highest BCUT2D eigenvalue weighted by molar-refractivity contribution is 6.14. The van der Waals surface area contributed by atoms with Gasteiger partial charge in [0.15, 0.2) is 0 Å². The van der Waals surface area contributed by atoms with Gasteiger partial charge in [-0.25, -0.2) is 0 Å². The molecule has 0 fully saturated rings. The maximum atomic E-state index is 2.47. The zero-order valence-electron chi connectivity index (χ0n) is 31.8. The van der Waals surface area contributed by atoms with E-state index in [0.717, 1.165) is 39.4 Å². The highest BCUT2D eigenvalue weighted by Gasteiger charge is 2.24. The van der Waals surface area contributed by atoms with E-state index < -0.39 is 0 Å². The summed E-state index contributed by atoms with van der Waals surface area (Å²) < 4.78 is 2.44. The van der Waals surface area contributed by atoms with E-state index in [1.54, 1.807) is 0 Å². The fourth-order valence-corrected chi connectivity index (χ4v) is 8.90. The Bertz CT molecular complexity index is 3220. The maximum absolute atomic E-state index is 2.47. The minimum Gasteiger partial charge on any atom is -0.308 e. The summed E-state index contributed by atoms with van der Waals surface area (Å²) >= 11 is 0. The monoisotopic (exact) mass is 738 g/mol. The molecule has 0 saturated carbocycles. The van der Waals surface area contributed by atoms with Crippen LogP contribution >= 0.6 is 0 Å². The summed E-state index contributed by atoms with van der Waals surface area (Å²) in [5.41, 5.74) is 13.8. The van der Waals surface area contributed by atoms with Gasteiger partial charge in [0.25, 0.3) is 0 Å². The van der Waals surface area contributed by atoms with Crippen LogP contribution in [-0.2, 0) is 0 Å². The van der Waals surface area contributed by atoms with E-state index in [1.165, 1.54) is 60.0 Å². The molecule has 58 heavy (non-hydrogen) atoms. The van der Waals surface area contributed by atoms with Crippen molar-refractivity contribution in [2.75, 3.05) is 4.90 Å². The van der Waals surface area contributed by atoms with Crippen LogP contribution in [0.1, 0.15) is 0 Å². The summed E-state index contributed by atoms with van der Waals surface area (Å²) in [5, 5.41) is 7.47. The van der Waals surface area contributed by atoms with Crippen molar-refractivity contribution < 1.29 is 0 Å². The summed E-state index contributed by atoms with van der Waals surface area (Å²) in [5.74, 6) is 0. The Balaban J connectivity index is 1.22. The van der Waals surface area contributed by atoms with Gasteiger partial charge >= 0.3 is 0 Å². The van der Waals surface area contributed by atoms with Crippen molar-refractivity contribution in [3.8, 4) is 39.1 Å². The third-order valence-electron chi connectivity index (χ3n) is 11.6. The van der Waals surface area contributed by atoms with Crippen LogP contribution in [0.4, 0.5) is 17.1 Å². The van der Waals surface area contributed by atoms with Crippen molar-refractivity contribution in [3.63, 3.8) is 0 Å². The lowest BCUT2D eigenvalue weighted by molar-refractivity contribution is 1.15. The zero-order valence-corrected chi connectivity index (χ0v) is 31.8. The minimum absolute atomic E-state index is 1.07. The number of nitrogens with zero attached hydrogens (tertiary/aromatic N) is 2. The van der Waals surface area contributed by atoms with E-state index in [-0.39, 0.29) is 0 Å². The standard InChI is InChI=1S/C56H38N2/c1-3-17-39(18-4-1)40-31-34-44(35-32-40)57(54-29-15-16-30-55(54)58-52-27-13-11-25-49(52)50-26-12-14-28-53(50)58)56-38-43(33-36-46(56)41-19-5-2-6-20-41)51-37-42-21-7-8-22-45(42)47-23-9-10-24-48(47)51/h1-38H. The topological polar surface area (TPSA) is 8.17 Å². The third kappa shape index (κ3) is 5.66. The molecule has 0 atom stereocenters. The van der Waals surface area contributed by atoms with Gasteiger partial charge in [0.2, 0.25) is 0 Å². The van der Waals surface area contributed by atoms with Crippen LogP contribution in [0.3, 0.4) is 0 Å². The molecule has 1 aromatic heterocycles. The van der Waals surface area contributed by atoms with Gasteiger partial charge < -0.3 is 9.47 Å². The van der Waals surface area contributed by atoms with Gasteiger partial charge in [0.05, 0.1) is 28.1 Å². The van der Waals surface area contributed by atoms with Crippen LogP contribution in [-0.4, -0.2) is 4.57 Å². The van der Waals surface area contributed by atoms with Crippen LogP contribution in [0.25, 0.3) is 82.4 Å². The van der Waals surface area contributed by atoms with E-state index in [4.69, 9.17) is 0 Å². The molecule has 272 valence electrons. The Morgan fingerprint density at radius 3 is 1.52 bits per heavy atom. The molecule has 2 nitrogen and oxygen atoms in total. The molecule has 0 spiro atoms. The van der Waals surface area contributed by atoms with Crippen molar-refractivity contribution in [2.45, 2.75) is 0 Å². The molecule has 0 radical (unpaired) electrons. The van der Waals surface area contributed by atoms with Gasteiger partial charge in [-0.1, -0.05) is 182 Å². The second-order valence-corrected chi connectivity index (χ2v) is 14.9. The van der Waals surface area contributed by atoms with Crippen LogP contribution in [0.15, 0.2) is 231 Å². The number of aromatic nitrogens is 1. The number of anilines is 3. The molecule has 0 aliphatic carbocycles. The van der Waals surface area contributed by atoms with Gasteiger partial charge in [-0.3, -0.25) is 0 Å². The van der Waals surface area contributed by atoms with E-state index in [1.807, 2.05) is 0 Å².